The van der Waals surface area contributed by atoms with E-state index in [0.29, 0.717) is 19.1 Å². The van der Waals surface area contributed by atoms with Gasteiger partial charge in [-0.05, 0) is 36.7 Å². The number of nitrogens with zero attached hydrogens (tertiary/aromatic N) is 1. The maximum absolute atomic E-state index is 12.1. The van der Waals surface area contributed by atoms with Crippen molar-refractivity contribution in [3.05, 3.63) is 108 Å². The molecule has 28 heavy (non-hydrogen) atoms. The highest BCUT2D eigenvalue weighted by Gasteiger charge is 2.16. The van der Waals surface area contributed by atoms with Crippen LogP contribution in [-0.4, -0.2) is 31.0 Å². The monoisotopic (exact) mass is 373 g/mol. The minimum absolute atomic E-state index is 0.192. The number of rotatable bonds is 9. The molecule has 0 atom stereocenters. The van der Waals surface area contributed by atoms with E-state index in [1.54, 1.807) is 0 Å². The molecule has 0 fully saturated rings. The highest BCUT2D eigenvalue weighted by Crippen LogP contribution is 2.27. The maximum atomic E-state index is 12.1. The van der Waals surface area contributed by atoms with E-state index in [4.69, 9.17) is 4.74 Å². The summed E-state index contributed by atoms with van der Waals surface area (Å²) in [5.41, 5.74) is 3.61. The summed E-state index contributed by atoms with van der Waals surface area (Å²) in [5.74, 6) is 0.118. The Balaban J connectivity index is 1.53. The van der Waals surface area contributed by atoms with Gasteiger partial charge in [-0.3, -0.25) is 9.69 Å². The lowest BCUT2D eigenvalue weighted by Gasteiger charge is -2.22. The molecule has 0 N–H and O–H groups in total. The van der Waals surface area contributed by atoms with Crippen molar-refractivity contribution in [2.45, 2.75) is 18.9 Å². The van der Waals surface area contributed by atoms with Crippen molar-refractivity contribution in [1.82, 2.24) is 4.90 Å². The molecule has 3 aromatic rings. The fourth-order valence-electron chi connectivity index (χ4n) is 3.33. The van der Waals surface area contributed by atoms with Crippen LogP contribution in [0.2, 0.25) is 0 Å². The zero-order valence-corrected chi connectivity index (χ0v) is 16.3. The molecule has 0 saturated heterocycles. The molecule has 3 heteroatoms. The number of ether oxygens (including phenoxy) is 1. The summed E-state index contributed by atoms with van der Waals surface area (Å²) >= 11 is 0. The first-order valence-corrected chi connectivity index (χ1v) is 9.70. The predicted octanol–water partition coefficient (Wildman–Crippen LogP) is 4.88. The molecule has 0 aliphatic heterocycles. The normalized spacial score (nSPS) is 11.0. The third-order valence-corrected chi connectivity index (χ3v) is 4.85. The molecule has 0 bridgehead atoms. The van der Waals surface area contributed by atoms with Gasteiger partial charge in [0.1, 0.15) is 6.61 Å². The van der Waals surface area contributed by atoms with Crippen molar-refractivity contribution in [2.24, 2.45) is 0 Å². The molecule has 3 rings (SSSR count). The molecular weight excluding hydrogens is 346 g/mol. The van der Waals surface area contributed by atoms with Gasteiger partial charge in [-0.1, -0.05) is 91.0 Å². The fraction of sp³-hybridized carbons (Fsp3) is 0.240. The third kappa shape index (κ3) is 6.07. The molecule has 0 aliphatic carbocycles. The Morgan fingerprint density at radius 2 is 1.32 bits per heavy atom. The molecule has 144 valence electrons. The van der Waals surface area contributed by atoms with E-state index in [0.717, 1.165) is 18.5 Å². The van der Waals surface area contributed by atoms with Crippen LogP contribution < -0.4 is 0 Å². The van der Waals surface area contributed by atoms with Gasteiger partial charge in [0.25, 0.3) is 0 Å². The zero-order chi connectivity index (χ0) is 19.6. The molecule has 0 aromatic heterocycles. The first kappa shape index (κ1) is 19.8. The van der Waals surface area contributed by atoms with Crippen LogP contribution in [0.1, 0.15) is 29.0 Å². The Hall–Kier alpha value is -2.91. The van der Waals surface area contributed by atoms with Gasteiger partial charge < -0.3 is 4.74 Å². The van der Waals surface area contributed by atoms with E-state index in [9.17, 15) is 4.79 Å². The lowest BCUT2D eigenvalue weighted by atomic mass is 9.88. The highest BCUT2D eigenvalue weighted by atomic mass is 16.5. The first-order chi connectivity index (χ1) is 13.7. The summed E-state index contributed by atoms with van der Waals surface area (Å²) in [4.78, 5) is 14.2. The number of esters is 1. The van der Waals surface area contributed by atoms with Gasteiger partial charge in [0.15, 0.2) is 0 Å². The number of hydrogen-bond donors (Lipinski definition) is 0. The average molecular weight is 373 g/mol. The van der Waals surface area contributed by atoms with Gasteiger partial charge in [0, 0.05) is 5.92 Å². The topological polar surface area (TPSA) is 29.5 Å². The average Bonchev–Trinajstić information content (AvgIpc) is 2.75. The summed E-state index contributed by atoms with van der Waals surface area (Å²) in [6, 6.07) is 30.9. The SMILES string of the molecule is CN(CCC(c1ccccc1)c1ccccc1)CC(=O)OCc1ccccc1. The van der Waals surface area contributed by atoms with E-state index >= 15 is 0 Å². The largest absolute Gasteiger partial charge is 0.460 e. The summed E-state index contributed by atoms with van der Waals surface area (Å²) in [6.07, 6.45) is 0.941. The van der Waals surface area contributed by atoms with Crippen molar-refractivity contribution in [2.75, 3.05) is 20.1 Å². The van der Waals surface area contributed by atoms with E-state index in [2.05, 4.69) is 48.5 Å². The first-order valence-electron chi connectivity index (χ1n) is 9.70. The van der Waals surface area contributed by atoms with Crippen molar-refractivity contribution in [3.8, 4) is 0 Å². The summed E-state index contributed by atoms with van der Waals surface area (Å²) in [7, 11) is 1.97. The Labute approximate surface area is 167 Å². The van der Waals surface area contributed by atoms with Gasteiger partial charge in [-0.2, -0.15) is 0 Å². The second-order valence-electron chi connectivity index (χ2n) is 7.05. The van der Waals surface area contributed by atoms with Gasteiger partial charge in [0.05, 0.1) is 6.54 Å². The number of benzene rings is 3. The molecule has 3 aromatic carbocycles. The van der Waals surface area contributed by atoms with Crippen LogP contribution in [0.3, 0.4) is 0 Å². The zero-order valence-electron chi connectivity index (χ0n) is 16.3. The van der Waals surface area contributed by atoms with Crippen LogP contribution in [0.15, 0.2) is 91.0 Å². The van der Waals surface area contributed by atoms with Crippen molar-refractivity contribution >= 4 is 5.97 Å². The molecular formula is C25H27NO2. The van der Waals surface area contributed by atoms with Gasteiger partial charge >= 0.3 is 5.97 Å². The number of carbonyl (C=O) groups excluding carboxylic acids is 1. The van der Waals surface area contributed by atoms with Crippen molar-refractivity contribution in [1.29, 1.82) is 0 Å². The molecule has 0 aliphatic rings. The molecule has 0 radical (unpaired) electrons. The van der Waals surface area contributed by atoms with Crippen molar-refractivity contribution in [3.63, 3.8) is 0 Å². The van der Waals surface area contributed by atoms with Crippen LogP contribution in [0, 0.1) is 0 Å². The molecule has 0 amide bonds. The summed E-state index contributed by atoms with van der Waals surface area (Å²) < 4.78 is 5.39. The fourth-order valence-corrected chi connectivity index (χ4v) is 3.33. The molecule has 0 unspecified atom stereocenters. The number of carbonyl (C=O) groups is 1. The Kier molecular flexibility index (Phi) is 7.39. The second kappa shape index (κ2) is 10.4. The Morgan fingerprint density at radius 1 is 0.821 bits per heavy atom. The van der Waals surface area contributed by atoms with Crippen LogP contribution in [-0.2, 0) is 16.1 Å². The van der Waals surface area contributed by atoms with E-state index < -0.39 is 0 Å². The van der Waals surface area contributed by atoms with Crippen LogP contribution >= 0.6 is 0 Å². The highest BCUT2D eigenvalue weighted by molar-refractivity contribution is 5.71. The number of hydrogen-bond acceptors (Lipinski definition) is 3. The standard InChI is InChI=1S/C25H27NO2/c1-26(19-25(27)28-20-21-11-5-2-6-12-21)18-17-24(22-13-7-3-8-14-22)23-15-9-4-10-16-23/h2-16,24H,17-20H2,1H3. The molecule has 0 heterocycles. The lowest BCUT2D eigenvalue weighted by molar-refractivity contribution is -0.145. The van der Waals surface area contributed by atoms with Crippen LogP contribution in [0.4, 0.5) is 0 Å². The smallest absolute Gasteiger partial charge is 0.320 e. The maximum Gasteiger partial charge on any atom is 0.320 e. The Bertz CT molecular complexity index is 795. The molecule has 0 spiro atoms. The van der Waals surface area contributed by atoms with Crippen LogP contribution in [0.25, 0.3) is 0 Å². The van der Waals surface area contributed by atoms with E-state index in [1.165, 1.54) is 11.1 Å². The van der Waals surface area contributed by atoms with Crippen LogP contribution in [0.5, 0.6) is 0 Å². The van der Waals surface area contributed by atoms with Crippen molar-refractivity contribution < 1.29 is 9.53 Å². The summed E-state index contributed by atoms with van der Waals surface area (Å²) in [6.45, 7) is 1.43. The van der Waals surface area contributed by atoms with Gasteiger partial charge in [-0.25, -0.2) is 0 Å². The van der Waals surface area contributed by atoms with E-state index in [-0.39, 0.29) is 5.97 Å². The summed E-state index contributed by atoms with van der Waals surface area (Å²) in [5, 5.41) is 0. The molecule has 0 saturated carbocycles. The minimum atomic E-state index is -0.192. The number of likely N-dealkylation sites (N-methyl/N-ethyl adjacent to an activating group) is 1. The lowest BCUT2D eigenvalue weighted by Crippen LogP contribution is -2.29. The molecule has 3 nitrogen and oxygen atoms in total. The quantitative estimate of drug-likeness (QED) is 0.501. The Morgan fingerprint density at radius 3 is 1.86 bits per heavy atom. The van der Waals surface area contributed by atoms with E-state index in [1.807, 2.05) is 54.4 Å². The van der Waals surface area contributed by atoms with Gasteiger partial charge in [0.2, 0.25) is 0 Å². The van der Waals surface area contributed by atoms with Gasteiger partial charge in [-0.15, -0.1) is 0 Å². The predicted molar refractivity (Wildman–Crippen MR) is 113 cm³/mol. The second-order valence-corrected chi connectivity index (χ2v) is 7.05. The minimum Gasteiger partial charge on any atom is -0.460 e. The third-order valence-electron chi connectivity index (χ3n) is 4.85.